The van der Waals surface area contributed by atoms with Crippen LogP contribution in [0.4, 0.5) is 21.9 Å². The number of nitrogens with zero attached hydrogens (tertiary/aromatic N) is 1. The average molecular weight is 407 g/mol. The molecule has 0 saturated carbocycles. The summed E-state index contributed by atoms with van der Waals surface area (Å²) in [4.78, 5) is 27.6. The van der Waals surface area contributed by atoms with Crippen LogP contribution in [0.5, 0.6) is 11.5 Å². The van der Waals surface area contributed by atoms with Gasteiger partial charge in [0.15, 0.2) is 17.2 Å². The number of rotatable bonds is 3. The second-order valence-electron chi connectivity index (χ2n) is 7.24. The number of ether oxygens (including phenoxy) is 2. The van der Waals surface area contributed by atoms with Crippen LogP contribution in [0.3, 0.4) is 0 Å². The van der Waals surface area contributed by atoms with E-state index in [4.69, 9.17) is 13.9 Å². The fourth-order valence-corrected chi connectivity index (χ4v) is 3.91. The molecule has 0 aliphatic carbocycles. The minimum absolute atomic E-state index is 0.144. The van der Waals surface area contributed by atoms with E-state index in [-0.39, 0.29) is 5.69 Å². The van der Waals surface area contributed by atoms with Crippen molar-refractivity contribution in [3.05, 3.63) is 52.9 Å². The van der Waals surface area contributed by atoms with Crippen molar-refractivity contribution >= 4 is 34.1 Å². The van der Waals surface area contributed by atoms with Crippen molar-refractivity contribution in [1.82, 2.24) is 0 Å². The molecule has 0 bridgehead atoms. The highest BCUT2D eigenvalue weighted by atomic mass is 16.6. The topological polar surface area (TPSA) is 93.0 Å². The summed E-state index contributed by atoms with van der Waals surface area (Å²) in [7, 11) is 0. The standard InChI is InChI=1S/C22H21N3O5/c26-21-19(20(25-9-3-4-10-25)15-5-1-2-6-16(15)30-21)24-22(27)23-14-7-8-17-18(13-14)29-12-11-28-17/h1-2,5-8,13H,3-4,9-12H2,(H2,23,24,27). The van der Waals surface area contributed by atoms with Crippen molar-refractivity contribution in [3.63, 3.8) is 0 Å². The van der Waals surface area contributed by atoms with Crippen molar-refractivity contribution in [2.45, 2.75) is 12.8 Å². The predicted octanol–water partition coefficient (Wildman–Crippen LogP) is 3.81. The zero-order chi connectivity index (χ0) is 20.5. The number of para-hydroxylation sites is 1. The second-order valence-corrected chi connectivity index (χ2v) is 7.24. The van der Waals surface area contributed by atoms with E-state index in [0.29, 0.717) is 41.7 Å². The summed E-state index contributed by atoms with van der Waals surface area (Å²) < 4.78 is 16.5. The monoisotopic (exact) mass is 407 g/mol. The molecule has 154 valence electrons. The predicted molar refractivity (Wildman–Crippen MR) is 114 cm³/mol. The van der Waals surface area contributed by atoms with Crippen LogP contribution < -0.4 is 30.6 Å². The minimum atomic E-state index is -0.576. The highest BCUT2D eigenvalue weighted by Crippen LogP contribution is 2.35. The van der Waals surface area contributed by atoms with E-state index in [0.717, 1.165) is 31.3 Å². The molecule has 0 unspecified atom stereocenters. The Bertz CT molecular complexity index is 1170. The third-order valence-electron chi connectivity index (χ3n) is 5.25. The molecule has 0 radical (unpaired) electrons. The van der Waals surface area contributed by atoms with Gasteiger partial charge in [0.25, 0.3) is 0 Å². The lowest BCUT2D eigenvalue weighted by Crippen LogP contribution is -2.28. The van der Waals surface area contributed by atoms with Crippen LogP contribution in [-0.4, -0.2) is 32.3 Å². The van der Waals surface area contributed by atoms with Gasteiger partial charge in [-0.15, -0.1) is 0 Å². The maximum atomic E-state index is 12.7. The third-order valence-corrected chi connectivity index (χ3v) is 5.25. The Balaban J connectivity index is 1.46. The van der Waals surface area contributed by atoms with E-state index in [2.05, 4.69) is 15.5 Å². The van der Waals surface area contributed by atoms with Crippen molar-refractivity contribution < 1.29 is 18.7 Å². The molecule has 3 aromatic rings. The lowest BCUT2D eigenvalue weighted by Gasteiger charge is -2.22. The molecular formula is C22H21N3O5. The van der Waals surface area contributed by atoms with Gasteiger partial charge in [0.05, 0.1) is 5.69 Å². The van der Waals surface area contributed by atoms with Gasteiger partial charge in [-0.1, -0.05) is 12.1 Å². The first-order chi connectivity index (χ1) is 14.7. The minimum Gasteiger partial charge on any atom is -0.486 e. The number of carbonyl (C=O) groups is 1. The number of nitrogens with one attached hydrogen (secondary N) is 2. The molecule has 1 saturated heterocycles. The Kier molecular flexibility index (Phi) is 4.66. The Labute approximate surface area is 172 Å². The fraction of sp³-hybridized carbons (Fsp3) is 0.273. The number of amides is 2. The Hall–Kier alpha value is -3.68. The van der Waals surface area contributed by atoms with Crippen LogP contribution in [0.15, 0.2) is 51.7 Å². The number of fused-ring (bicyclic) bond motifs is 2. The number of benzene rings is 2. The molecule has 1 fully saturated rings. The smallest absolute Gasteiger partial charge is 0.362 e. The van der Waals surface area contributed by atoms with Gasteiger partial charge < -0.3 is 24.1 Å². The molecule has 8 nitrogen and oxygen atoms in total. The SMILES string of the molecule is O=C(Nc1ccc2c(c1)OCCO2)Nc1c(N2CCCC2)c2ccccc2oc1=O. The van der Waals surface area contributed by atoms with Crippen LogP contribution in [-0.2, 0) is 0 Å². The lowest BCUT2D eigenvalue weighted by atomic mass is 10.1. The highest BCUT2D eigenvalue weighted by Gasteiger charge is 2.24. The summed E-state index contributed by atoms with van der Waals surface area (Å²) in [6.45, 7) is 2.61. The van der Waals surface area contributed by atoms with Crippen molar-refractivity contribution in [1.29, 1.82) is 0 Å². The highest BCUT2D eigenvalue weighted by molar-refractivity contribution is 6.06. The maximum absolute atomic E-state index is 12.7. The fourth-order valence-electron chi connectivity index (χ4n) is 3.91. The summed E-state index contributed by atoms with van der Waals surface area (Å²) in [6.07, 6.45) is 2.08. The lowest BCUT2D eigenvalue weighted by molar-refractivity contribution is 0.171. The van der Waals surface area contributed by atoms with Gasteiger partial charge in [0, 0.05) is 30.2 Å². The quantitative estimate of drug-likeness (QED) is 0.642. The van der Waals surface area contributed by atoms with Crippen LogP contribution >= 0.6 is 0 Å². The van der Waals surface area contributed by atoms with E-state index in [9.17, 15) is 9.59 Å². The number of anilines is 3. The first kappa shape index (κ1) is 18.4. The number of hydrogen-bond donors (Lipinski definition) is 2. The van der Waals surface area contributed by atoms with Crippen molar-refractivity contribution in [2.75, 3.05) is 41.8 Å². The molecule has 0 atom stereocenters. The Morgan fingerprint density at radius 1 is 0.933 bits per heavy atom. The van der Waals surface area contributed by atoms with E-state index in [1.807, 2.05) is 18.2 Å². The van der Waals surface area contributed by atoms with Crippen LogP contribution in [0.25, 0.3) is 11.0 Å². The zero-order valence-corrected chi connectivity index (χ0v) is 16.3. The van der Waals surface area contributed by atoms with E-state index < -0.39 is 11.7 Å². The molecule has 1 aromatic heterocycles. The molecule has 2 N–H and O–H groups in total. The van der Waals surface area contributed by atoms with Crippen molar-refractivity contribution in [2.24, 2.45) is 0 Å². The van der Waals surface area contributed by atoms with Crippen LogP contribution in [0.2, 0.25) is 0 Å². The maximum Gasteiger partial charge on any atom is 0.362 e. The molecule has 2 aliphatic heterocycles. The zero-order valence-electron chi connectivity index (χ0n) is 16.3. The molecule has 2 aromatic carbocycles. The van der Waals surface area contributed by atoms with Crippen LogP contribution in [0.1, 0.15) is 12.8 Å². The molecule has 2 aliphatic rings. The van der Waals surface area contributed by atoms with Crippen molar-refractivity contribution in [3.8, 4) is 11.5 Å². The number of urea groups is 1. The number of carbonyl (C=O) groups excluding carboxylic acids is 1. The van der Waals surface area contributed by atoms with E-state index in [1.54, 1.807) is 24.3 Å². The first-order valence-corrected chi connectivity index (χ1v) is 9.97. The van der Waals surface area contributed by atoms with Crippen LogP contribution in [0, 0.1) is 0 Å². The third kappa shape index (κ3) is 3.41. The molecule has 30 heavy (non-hydrogen) atoms. The molecule has 0 spiro atoms. The van der Waals surface area contributed by atoms with Gasteiger partial charge in [-0.2, -0.15) is 0 Å². The van der Waals surface area contributed by atoms with Gasteiger partial charge in [0.1, 0.15) is 18.8 Å². The summed E-state index contributed by atoms with van der Waals surface area (Å²) in [5.41, 5.74) is 1.31. The molecule has 5 rings (SSSR count). The Morgan fingerprint density at radius 2 is 1.70 bits per heavy atom. The molecule has 3 heterocycles. The molecule has 2 amide bonds. The summed E-state index contributed by atoms with van der Waals surface area (Å²) >= 11 is 0. The molecule has 8 heteroatoms. The van der Waals surface area contributed by atoms with Gasteiger partial charge in [-0.05, 0) is 37.1 Å². The Morgan fingerprint density at radius 3 is 2.53 bits per heavy atom. The van der Waals surface area contributed by atoms with Gasteiger partial charge in [-0.25, -0.2) is 9.59 Å². The normalized spacial score (nSPS) is 15.3. The molecular weight excluding hydrogens is 386 g/mol. The summed E-state index contributed by atoms with van der Waals surface area (Å²) in [5, 5.41) is 6.25. The number of hydrogen-bond acceptors (Lipinski definition) is 6. The van der Waals surface area contributed by atoms with E-state index >= 15 is 0 Å². The van der Waals surface area contributed by atoms with E-state index in [1.165, 1.54) is 0 Å². The first-order valence-electron chi connectivity index (χ1n) is 9.97. The van der Waals surface area contributed by atoms with Gasteiger partial charge in [0.2, 0.25) is 0 Å². The average Bonchev–Trinajstić information content (AvgIpc) is 3.28. The van der Waals surface area contributed by atoms with Gasteiger partial charge >= 0.3 is 11.7 Å². The summed E-state index contributed by atoms with van der Waals surface area (Å²) in [6, 6.07) is 12.0. The second kappa shape index (κ2) is 7.62. The van der Waals surface area contributed by atoms with Gasteiger partial charge in [-0.3, -0.25) is 5.32 Å². The summed E-state index contributed by atoms with van der Waals surface area (Å²) in [5.74, 6) is 1.21. The largest absolute Gasteiger partial charge is 0.486 e.